The number of nitrogens with one attached hydrogen (secondary N) is 3. The van der Waals surface area contributed by atoms with E-state index in [0.29, 0.717) is 35.7 Å². The Kier molecular flexibility index (Phi) is 6.80. The van der Waals surface area contributed by atoms with Gasteiger partial charge in [-0.15, -0.1) is 0 Å². The molecule has 0 saturated carbocycles. The highest BCUT2D eigenvalue weighted by molar-refractivity contribution is 6.27. The standard InChI is InChI=1S/C30H27F3N6O3/c31-30(32,33)29(35)38-13-12-37(16-24(38)34)15-18-6-4-17(5-7-18)14-19-8-9-22-26-20(19)2-1-3-21(26)28(42)39(22)23-10-11-25(40)36-27(23)41/h1-9,23,34-35H,10-16H2,(H,36,40,41). The molecule has 3 heterocycles. The Labute approximate surface area is 238 Å². The fourth-order valence-corrected chi connectivity index (χ4v) is 5.99. The zero-order valence-electron chi connectivity index (χ0n) is 22.4. The molecule has 42 heavy (non-hydrogen) atoms. The van der Waals surface area contributed by atoms with Crippen LogP contribution in [0.5, 0.6) is 0 Å². The molecule has 0 radical (unpaired) electrons. The minimum atomic E-state index is -4.78. The van der Waals surface area contributed by atoms with E-state index in [4.69, 9.17) is 10.8 Å². The number of anilines is 1. The van der Waals surface area contributed by atoms with Gasteiger partial charge >= 0.3 is 6.18 Å². The van der Waals surface area contributed by atoms with Crippen molar-refractivity contribution in [3.8, 4) is 0 Å². The third kappa shape index (κ3) is 4.91. The number of carbonyl (C=O) groups is 3. The van der Waals surface area contributed by atoms with Crippen molar-refractivity contribution in [3.05, 3.63) is 76.9 Å². The minimum Gasteiger partial charge on any atom is -0.309 e. The Morgan fingerprint density at radius 1 is 0.976 bits per heavy atom. The maximum atomic E-state index is 13.4. The molecule has 0 bridgehead atoms. The smallest absolute Gasteiger partial charge is 0.309 e. The summed E-state index contributed by atoms with van der Waals surface area (Å²) in [7, 11) is 0. The molecule has 1 unspecified atom stereocenters. The highest BCUT2D eigenvalue weighted by atomic mass is 19.4. The zero-order chi connectivity index (χ0) is 29.8. The average molecular weight is 577 g/mol. The van der Waals surface area contributed by atoms with E-state index in [1.54, 1.807) is 6.07 Å². The number of alkyl halides is 3. The Morgan fingerprint density at radius 2 is 1.71 bits per heavy atom. The number of amides is 3. The molecule has 1 atom stereocenters. The number of rotatable bonds is 5. The predicted octanol–water partition coefficient (Wildman–Crippen LogP) is 3.83. The first-order valence-corrected chi connectivity index (χ1v) is 13.5. The molecule has 12 heteroatoms. The van der Waals surface area contributed by atoms with E-state index in [9.17, 15) is 27.6 Å². The lowest BCUT2D eigenvalue weighted by Crippen LogP contribution is -2.54. The number of piperazine rings is 1. The monoisotopic (exact) mass is 576 g/mol. The average Bonchev–Trinajstić information content (AvgIpc) is 3.23. The first kappa shape index (κ1) is 27.6. The van der Waals surface area contributed by atoms with Gasteiger partial charge in [-0.25, -0.2) is 0 Å². The molecule has 0 aliphatic carbocycles. The summed E-state index contributed by atoms with van der Waals surface area (Å²) in [5, 5.41) is 19.4. The second-order valence-electron chi connectivity index (χ2n) is 10.8. The lowest BCUT2D eigenvalue weighted by Gasteiger charge is -2.36. The number of hydrogen-bond donors (Lipinski definition) is 3. The first-order chi connectivity index (χ1) is 20.0. The maximum absolute atomic E-state index is 13.4. The van der Waals surface area contributed by atoms with Gasteiger partial charge in [0.25, 0.3) is 5.91 Å². The number of piperidine rings is 1. The van der Waals surface area contributed by atoms with Gasteiger partial charge in [0, 0.05) is 37.0 Å². The summed E-state index contributed by atoms with van der Waals surface area (Å²) in [4.78, 5) is 41.7. The van der Waals surface area contributed by atoms with Gasteiger partial charge in [-0.2, -0.15) is 13.2 Å². The molecule has 3 amide bonds. The summed E-state index contributed by atoms with van der Waals surface area (Å²) in [6, 6.07) is 16.5. The van der Waals surface area contributed by atoms with Gasteiger partial charge in [0.15, 0.2) is 0 Å². The van der Waals surface area contributed by atoms with Gasteiger partial charge in [-0.1, -0.05) is 42.5 Å². The van der Waals surface area contributed by atoms with Crippen LogP contribution >= 0.6 is 0 Å². The van der Waals surface area contributed by atoms with Crippen LogP contribution in [-0.2, 0) is 22.6 Å². The number of halogens is 3. The summed E-state index contributed by atoms with van der Waals surface area (Å²) in [6.07, 6.45) is -3.74. The molecule has 0 spiro atoms. The van der Waals surface area contributed by atoms with Gasteiger partial charge in [-0.3, -0.25) is 40.3 Å². The van der Waals surface area contributed by atoms with E-state index in [0.717, 1.165) is 27.5 Å². The second-order valence-corrected chi connectivity index (χ2v) is 10.8. The summed E-state index contributed by atoms with van der Waals surface area (Å²) in [5.41, 5.74) is 4.19. The third-order valence-corrected chi connectivity index (χ3v) is 8.04. The number of nitrogens with zero attached hydrogens (tertiary/aromatic N) is 3. The molecule has 216 valence electrons. The molecule has 2 saturated heterocycles. The van der Waals surface area contributed by atoms with Crippen LogP contribution in [0.3, 0.4) is 0 Å². The largest absolute Gasteiger partial charge is 0.449 e. The van der Waals surface area contributed by atoms with Crippen molar-refractivity contribution in [1.82, 2.24) is 15.1 Å². The van der Waals surface area contributed by atoms with Crippen molar-refractivity contribution in [2.75, 3.05) is 24.5 Å². The number of carbonyl (C=O) groups excluding carboxylic acids is 3. The SMILES string of the molecule is N=C1CN(Cc2ccc(Cc3ccc4c5c(cccc35)C(=O)N4C3CCC(=O)NC3=O)cc2)CCN1C(=N)C(F)(F)F. The van der Waals surface area contributed by atoms with Crippen molar-refractivity contribution in [2.24, 2.45) is 0 Å². The van der Waals surface area contributed by atoms with Crippen molar-refractivity contribution < 1.29 is 27.6 Å². The van der Waals surface area contributed by atoms with Crippen LogP contribution in [0.4, 0.5) is 18.9 Å². The molecular weight excluding hydrogens is 549 g/mol. The molecule has 3 aromatic rings. The van der Waals surface area contributed by atoms with E-state index >= 15 is 0 Å². The molecule has 2 fully saturated rings. The minimum absolute atomic E-state index is 0.0233. The van der Waals surface area contributed by atoms with Gasteiger partial charge in [0.2, 0.25) is 17.6 Å². The number of benzene rings is 3. The first-order valence-electron chi connectivity index (χ1n) is 13.5. The molecule has 6 rings (SSSR count). The molecular formula is C30H27F3N6O3. The maximum Gasteiger partial charge on any atom is 0.449 e. The van der Waals surface area contributed by atoms with Crippen molar-refractivity contribution in [2.45, 2.75) is 38.0 Å². The van der Waals surface area contributed by atoms with Crippen LogP contribution in [0.2, 0.25) is 0 Å². The summed E-state index contributed by atoms with van der Waals surface area (Å²) in [5.74, 6) is -2.81. The molecule has 3 N–H and O–H groups in total. The van der Waals surface area contributed by atoms with E-state index in [2.05, 4.69) is 5.32 Å². The van der Waals surface area contributed by atoms with Crippen LogP contribution in [0.15, 0.2) is 54.6 Å². The van der Waals surface area contributed by atoms with Crippen molar-refractivity contribution >= 4 is 45.9 Å². The molecule has 3 aliphatic heterocycles. The van der Waals surface area contributed by atoms with Gasteiger partial charge in [-0.05, 0) is 47.1 Å². The highest BCUT2D eigenvalue weighted by Gasteiger charge is 2.42. The fraction of sp³-hybridized carbons (Fsp3) is 0.300. The van der Waals surface area contributed by atoms with Gasteiger partial charge in [0.05, 0.1) is 12.2 Å². The lowest BCUT2D eigenvalue weighted by atomic mass is 9.95. The van der Waals surface area contributed by atoms with Crippen LogP contribution in [-0.4, -0.2) is 71.0 Å². The highest BCUT2D eigenvalue weighted by Crippen LogP contribution is 2.41. The normalized spacial score (nSPS) is 19.5. The fourth-order valence-electron chi connectivity index (χ4n) is 5.99. The predicted molar refractivity (Wildman–Crippen MR) is 150 cm³/mol. The second kappa shape index (κ2) is 10.4. The van der Waals surface area contributed by atoms with Gasteiger partial charge in [0.1, 0.15) is 11.9 Å². The van der Waals surface area contributed by atoms with E-state index in [1.165, 1.54) is 4.90 Å². The van der Waals surface area contributed by atoms with Crippen LogP contribution < -0.4 is 10.2 Å². The van der Waals surface area contributed by atoms with Crippen LogP contribution in [0, 0.1) is 10.8 Å². The van der Waals surface area contributed by atoms with E-state index < -0.39 is 24.0 Å². The molecule has 3 aromatic carbocycles. The topological polar surface area (TPSA) is 121 Å². The zero-order valence-corrected chi connectivity index (χ0v) is 22.4. The van der Waals surface area contributed by atoms with Crippen molar-refractivity contribution in [3.63, 3.8) is 0 Å². The Balaban J connectivity index is 1.16. The Bertz CT molecular complexity index is 1650. The van der Waals surface area contributed by atoms with Crippen molar-refractivity contribution in [1.29, 1.82) is 10.8 Å². The number of amidine groups is 2. The summed E-state index contributed by atoms with van der Waals surface area (Å²) in [6.45, 7) is 0.728. The summed E-state index contributed by atoms with van der Waals surface area (Å²) < 4.78 is 38.7. The summed E-state index contributed by atoms with van der Waals surface area (Å²) >= 11 is 0. The number of imide groups is 1. The quantitative estimate of drug-likeness (QED) is 0.242. The molecule has 3 aliphatic rings. The number of hydrogen-bond acceptors (Lipinski definition) is 6. The Morgan fingerprint density at radius 3 is 2.40 bits per heavy atom. The van der Waals surface area contributed by atoms with Crippen LogP contribution in [0.25, 0.3) is 10.8 Å². The molecule has 9 nitrogen and oxygen atoms in total. The molecule has 0 aromatic heterocycles. The van der Waals surface area contributed by atoms with E-state index in [-0.39, 0.29) is 43.6 Å². The Hall–Kier alpha value is -4.58. The lowest BCUT2D eigenvalue weighted by molar-refractivity contribution is -0.134. The van der Waals surface area contributed by atoms with Crippen LogP contribution in [0.1, 0.15) is 39.9 Å². The van der Waals surface area contributed by atoms with E-state index in [1.807, 2.05) is 53.4 Å². The van der Waals surface area contributed by atoms with Gasteiger partial charge < -0.3 is 4.90 Å². The third-order valence-electron chi connectivity index (χ3n) is 8.04.